The Hall–Kier alpha value is -0.780. The average Bonchev–Trinajstić information content (AvgIpc) is 2.27. The van der Waals surface area contributed by atoms with Crippen molar-refractivity contribution in [1.82, 2.24) is 0 Å². The van der Waals surface area contributed by atoms with Crippen LogP contribution in [0.4, 0.5) is 0 Å². The molecular weight excluding hydrogens is 228 g/mol. The highest BCUT2D eigenvalue weighted by Gasteiger charge is 2.27. The first-order chi connectivity index (χ1) is 8.75. The molecule has 0 radical (unpaired) electrons. The number of benzene rings is 1. The molecule has 1 aromatic carbocycles. The summed E-state index contributed by atoms with van der Waals surface area (Å²) in [6.45, 7) is 11.8. The van der Waals surface area contributed by atoms with Gasteiger partial charge in [-0.25, -0.2) is 0 Å². The monoisotopic (exact) mass is 258 g/mol. The molecule has 1 saturated carbocycles. The van der Waals surface area contributed by atoms with Crippen molar-refractivity contribution in [2.24, 2.45) is 10.8 Å². The summed E-state index contributed by atoms with van der Waals surface area (Å²) in [7, 11) is 0. The first-order valence-electron chi connectivity index (χ1n) is 7.84. The summed E-state index contributed by atoms with van der Waals surface area (Å²) in [5, 5.41) is 0. The molecule has 0 heterocycles. The molecule has 0 amide bonds. The van der Waals surface area contributed by atoms with Gasteiger partial charge in [0.05, 0.1) is 0 Å². The van der Waals surface area contributed by atoms with Crippen LogP contribution in [0.5, 0.6) is 0 Å². The minimum absolute atomic E-state index is 0.382. The van der Waals surface area contributed by atoms with E-state index >= 15 is 0 Å². The Morgan fingerprint density at radius 3 is 2.32 bits per heavy atom. The zero-order chi connectivity index (χ0) is 14.1. The van der Waals surface area contributed by atoms with E-state index in [1.165, 1.54) is 37.7 Å². The normalized spacial score (nSPS) is 20.5. The Morgan fingerprint density at radius 2 is 1.74 bits per heavy atom. The van der Waals surface area contributed by atoms with Gasteiger partial charge in [0, 0.05) is 0 Å². The van der Waals surface area contributed by atoms with Gasteiger partial charge in [-0.1, -0.05) is 58.9 Å². The van der Waals surface area contributed by atoms with Crippen LogP contribution in [0.15, 0.2) is 24.3 Å². The van der Waals surface area contributed by atoms with Crippen LogP contribution in [-0.2, 0) is 6.42 Å². The van der Waals surface area contributed by atoms with E-state index in [0.717, 1.165) is 5.92 Å². The van der Waals surface area contributed by atoms with Crippen molar-refractivity contribution in [3.63, 3.8) is 0 Å². The molecule has 0 atom stereocenters. The fourth-order valence-corrected chi connectivity index (χ4v) is 3.30. The van der Waals surface area contributed by atoms with Gasteiger partial charge in [-0.2, -0.15) is 0 Å². The van der Waals surface area contributed by atoms with Gasteiger partial charge < -0.3 is 0 Å². The molecule has 106 valence electrons. The molecule has 0 nitrogen and oxygen atoms in total. The minimum Gasteiger partial charge on any atom is -0.0617 e. The molecule has 19 heavy (non-hydrogen) atoms. The lowest BCUT2D eigenvalue weighted by Gasteiger charge is -2.34. The third-order valence-corrected chi connectivity index (χ3v) is 4.50. The second kappa shape index (κ2) is 5.31. The molecule has 0 N–H and O–H groups in total. The van der Waals surface area contributed by atoms with Gasteiger partial charge in [0.25, 0.3) is 0 Å². The van der Waals surface area contributed by atoms with Gasteiger partial charge in [-0.05, 0) is 60.0 Å². The van der Waals surface area contributed by atoms with Crippen molar-refractivity contribution in [2.45, 2.75) is 72.6 Å². The third kappa shape index (κ3) is 4.37. The van der Waals surface area contributed by atoms with Crippen LogP contribution in [-0.4, -0.2) is 0 Å². The van der Waals surface area contributed by atoms with E-state index < -0.39 is 0 Å². The Morgan fingerprint density at radius 1 is 1.11 bits per heavy atom. The minimum atomic E-state index is 0.382. The Kier molecular flexibility index (Phi) is 4.08. The zero-order valence-corrected chi connectivity index (χ0v) is 13.4. The summed E-state index contributed by atoms with van der Waals surface area (Å²) in [5.74, 6) is 0.799. The molecule has 2 rings (SSSR count). The standard InChI is InChI=1S/C19H30/c1-18(2,3)14-15-7-6-8-17(13-15)16-9-11-19(4,5)12-10-16/h6-8,13,16H,9-12,14H2,1-5H3. The maximum atomic E-state index is 2.47. The molecule has 0 aliphatic heterocycles. The lowest BCUT2D eigenvalue weighted by Crippen LogP contribution is -2.20. The number of rotatable bonds is 2. The second-order valence-electron chi connectivity index (χ2n) is 8.42. The first kappa shape index (κ1) is 14.6. The fraction of sp³-hybridized carbons (Fsp3) is 0.684. The maximum absolute atomic E-state index is 2.47. The molecule has 0 heteroatoms. The van der Waals surface area contributed by atoms with Crippen molar-refractivity contribution in [3.8, 4) is 0 Å². The summed E-state index contributed by atoms with van der Waals surface area (Å²) in [4.78, 5) is 0. The van der Waals surface area contributed by atoms with E-state index in [0.29, 0.717) is 10.8 Å². The van der Waals surface area contributed by atoms with E-state index in [-0.39, 0.29) is 0 Å². The lowest BCUT2D eigenvalue weighted by molar-refractivity contribution is 0.224. The lowest BCUT2D eigenvalue weighted by atomic mass is 9.71. The maximum Gasteiger partial charge on any atom is -0.0161 e. The largest absolute Gasteiger partial charge is 0.0617 e. The molecule has 1 aliphatic rings. The van der Waals surface area contributed by atoms with Crippen molar-refractivity contribution in [1.29, 1.82) is 0 Å². The van der Waals surface area contributed by atoms with Crippen LogP contribution in [0.1, 0.15) is 77.3 Å². The summed E-state index contributed by atoms with van der Waals surface area (Å²) >= 11 is 0. The zero-order valence-electron chi connectivity index (χ0n) is 13.4. The highest BCUT2D eigenvalue weighted by Crippen LogP contribution is 2.42. The highest BCUT2D eigenvalue weighted by atomic mass is 14.3. The van der Waals surface area contributed by atoms with Crippen molar-refractivity contribution in [2.75, 3.05) is 0 Å². The highest BCUT2D eigenvalue weighted by molar-refractivity contribution is 5.27. The Bertz CT molecular complexity index is 410. The van der Waals surface area contributed by atoms with Gasteiger partial charge in [-0.15, -0.1) is 0 Å². The summed E-state index contributed by atoms with van der Waals surface area (Å²) in [6.07, 6.45) is 6.67. The smallest absolute Gasteiger partial charge is 0.0161 e. The van der Waals surface area contributed by atoms with Crippen LogP contribution in [0, 0.1) is 10.8 Å². The second-order valence-corrected chi connectivity index (χ2v) is 8.42. The molecule has 0 spiro atoms. The van der Waals surface area contributed by atoms with E-state index in [1.807, 2.05) is 0 Å². The summed E-state index contributed by atoms with van der Waals surface area (Å²) < 4.78 is 0. The molecule has 1 aromatic rings. The van der Waals surface area contributed by atoms with Gasteiger partial charge in [0.2, 0.25) is 0 Å². The summed E-state index contributed by atoms with van der Waals surface area (Å²) in [6, 6.07) is 9.36. The predicted octanol–water partition coefficient (Wildman–Crippen LogP) is 5.96. The van der Waals surface area contributed by atoms with Crippen LogP contribution < -0.4 is 0 Å². The van der Waals surface area contributed by atoms with E-state index in [4.69, 9.17) is 0 Å². The van der Waals surface area contributed by atoms with Crippen LogP contribution >= 0.6 is 0 Å². The van der Waals surface area contributed by atoms with Crippen LogP contribution in [0.25, 0.3) is 0 Å². The van der Waals surface area contributed by atoms with Crippen molar-refractivity contribution < 1.29 is 0 Å². The van der Waals surface area contributed by atoms with Gasteiger partial charge >= 0.3 is 0 Å². The van der Waals surface area contributed by atoms with E-state index in [1.54, 1.807) is 5.56 Å². The Labute approximate surface area is 119 Å². The van der Waals surface area contributed by atoms with Crippen molar-refractivity contribution in [3.05, 3.63) is 35.4 Å². The first-order valence-corrected chi connectivity index (χ1v) is 7.84. The van der Waals surface area contributed by atoms with Gasteiger partial charge in [0.15, 0.2) is 0 Å². The van der Waals surface area contributed by atoms with Crippen LogP contribution in [0.2, 0.25) is 0 Å². The van der Waals surface area contributed by atoms with E-state index in [9.17, 15) is 0 Å². The molecule has 0 aromatic heterocycles. The molecule has 1 aliphatic carbocycles. The predicted molar refractivity (Wildman–Crippen MR) is 84.6 cm³/mol. The SMILES string of the molecule is CC(C)(C)Cc1cccc(C2CCC(C)(C)CC2)c1. The molecule has 0 saturated heterocycles. The van der Waals surface area contributed by atoms with Crippen molar-refractivity contribution >= 4 is 0 Å². The topological polar surface area (TPSA) is 0 Å². The quantitative estimate of drug-likeness (QED) is 0.614. The van der Waals surface area contributed by atoms with E-state index in [2.05, 4.69) is 58.9 Å². The average molecular weight is 258 g/mol. The van der Waals surface area contributed by atoms with Gasteiger partial charge in [0.1, 0.15) is 0 Å². The van der Waals surface area contributed by atoms with Crippen LogP contribution in [0.3, 0.4) is 0 Å². The Balaban J connectivity index is 2.07. The number of hydrogen-bond acceptors (Lipinski definition) is 0. The molecule has 0 bridgehead atoms. The third-order valence-electron chi connectivity index (χ3n) is 4.50. The molecule has 1 fully saturated rings. The number of hydrogen-bond donors (Lipinski definition) is 0. The molecule has 0 unspecified atom stereocenters. The summed E-state index contributed by atoms with van der Waals surface area (Å²) in [5.41, 5.74) is 4.04. The molecular formula is C19H30. The fourth-order valence-electron chi connectivity index (χ4n) is 3.30. The van der Waals surface area contributed by atoms with Gasteiger partial charge in [-0.3, -0.25) is 0 Å².